The molecule has 0 fully saturated rings. The Hall–Kier alpha value is -2.87. The van der Waals surface area contributed by atoms with Crippen LogP contribution in [0.15, 0.2) is 52.9 Å². The third-order valence-corrected chi connectivity index (χ3v) is 5.03. The van der Waals surface area contributed by atoms with Crippen LogP contribution in [0.4, 0.5) is 5.69 Å². The zero-order chi connectivity index (χ0) is 21.1. The minimum atomic E-state index is -1.06. The van der Waals surface area contributed by atoms with Crippen LogP contribution in [-0.2, 0) is 0 Å². The molecule has 9 heteroatoms. The summed E-state index contributed by atoms with van der Waals surface area (Å²) in [6.07, 6.45) is 0. The number of carboxylic acids is 1. The number of thiocarbonyl (C=S) groups is 1. The van der Waals surface area contributed by atoms with Gasteiger partial charge in [0.05, 0.1) is 15.6 Å². The molecule has 3 rings (SSSR count). The molecule has 0 bridgehead atoms. The van der Waals surface area contributed by atoms with E-state index in [0.29, 0.717) is 27.1 Å². The monoisotopic (exact) mass is 448 g/mol. The summed E-state index contributed by atoms with van der Waals surface area (Å²) in [4.78, 5) is 23.5. The number of amides is 1. The molecule has 0 saturated heterocycles. The smallest absolute Gasteiger partial charge is 0.335 e. The van der Waals surface area contributed by atoms with Gasteiger partial charge in [0.2, 0.25) is 0 Å². The van der Waals surface area contributed by atoms with Crippen molar-refractivity contribution in [3.05, 3.63) is 75.5 Å². The minimum Gasteiger partial charge on any atom is -0.478 e. The van der Waals surface area contributed by atoms with Crippen molar-refractivity contribution in [1.29, 1.82) is 0 Å². The number of halogens is 2. The predicted molar refractivity (Wildman–Crippen MR) is 116 cm³/mol. The first-order valence-electron chi connectivity index (χ1n) is 8.26. The first-order chi connectivity index (χ1) is 13.8. The van der Waals surface area contributed by atoms with Crippen molar-refractivity contribution in [2.75, 3.05) is 5.32 Å². The van der Waals surface area contributed by atoms with Gasteiger partial charge in [0.15, 0.2) is 10.9 Å². The molecule has 0 saturated carbocycles. The van der Waals surface area contributed by atoms with Crippen LogP contribution in [0.2, 0.25) is 10.0 Å². The van der Waals surface area contributed by atoms with Crippen molar-refractivity contribution in [3.8, 4) is 11.3 Å². The summed E-state index contributed by atoms with van der Waals surface area (Å²) in [5.41, 5.74) is 1.89. The Morgan fingerprint density at radius 1 is 1.10 bits per heavy atom. The van der Waals surface area contributed by atoms with E-state index >= 15 is 0 Å². The largest absolute Gasteiger partial charge is 0.478 e. The van der Waals surface area contributed by atoms with Gasteiger partial charge in [-0.15, -0.1) is 0 Å². The lowest BCUT2D eigenvalue weighted by molar-refractivity contribution is 0.0696. The first kappa shape index (κ1) is 20.9. The first-order valence-corrected chi connectivity index (χ1v) is 9.43. The van der Waals surface area contributed by atoms with Crippen molar-refractivity contribution in [3.63, 3.8) is 0 Å². The molecule has 0 aliphatic heterocycles. The molecule has 0 radical (unpaired) electrons. The predicted octanol–water partition coefficient (Wildman–Crippen LogP) is 5.39. The van der Waals surface area contributed by atoms with Crippen molar-refractivity contribution >= 4 is 58.1 Å². The van der Waals surface area contributed by atoms with Gasteiger partial charge < -0.3 is 14.8 Å². The van der Waals surface area contributed by atoms with Gasteiger partial charge in [-0.3, -0.25) is 10.1 Å². The van der Waals surface area contributed by atoms with E-state index in [0.717, 1.165) is 5.56 Å². The maximum atomic E-state index is 12.4. The number of aromatic carboxylic acids is 1. The summed E-state index contributed by atoms with van der Waals surface area (Å²) < 4.78 is 5.57. The lowest BCUT2D eigenvalue weighted by Gasteiger charge is -2.11. The number of anilines is 1. The number of nitrogens with one attached hydrogen (secondary N) is 2. The lowest BCUT2D eigenvalue weighted by atomic mass is 10.1. The number of hydrogen-bond acceptors (Lipinski definition) is 4. The summed E-state index contributed by atoms with van der Waals surface area (Å²) in [5.74, 6) is -1.23. The molecule has 2 aromatic carbocycles. The zero-order valence-corrected chi connectivity index (χ0v) is 17.3. The van der Waals surface area contributed by atoms with Gasteiger partial charge in [-0.05, 0) is 61.1 Å². The highest BCUT2D eigenvalue weighted by molar-refractivity contribution is 7.80. The molecule has 3 N–H and O–H groups in total. The molecule has 0 atom stereocenters. The Morgan fingerprint density at radius 3 is 2.59 bits per heavy atom. The van der Waals surface area contributed by atoms with Crippen molar-refractivity contribution in [2.45, 2.75) is 6.92 Å². The van der Waals surface area contributed by atoms with Gasteiger partial charge in [-0.2, -0.15) is 0 Å². The molecule has 0 aliphatic rings. The summed E-state index contributed by atoms with van der Waals surface area (Å²) in [5, 5.41) is 15.1. The fourth-order valence-electron chi connectivity index (χ4n) is 2.51. The SMILES string of the molecule is Cc1ccc(C(=O)O)cc1NC(=S)NC(=O)c1ccc(-c2cccc(Cl)c2Cl)o1. The Labute approximate surface area is 181 Å². The average molecular weight is 449 g/mol. The molecule has 29 heavy (non-hydrogen) atoms. The van der Waals surface area contributed by atoms with Gasteiger partial charge in [0, 0.05) is 11.3 Å². The third kappa shape index (κ3) is 4.76. The third-order valence-electron chi connectivity index (χ3n) is 4.01. The van der Waals surface area contributed by atoms with Gasteiger partial charge >= 0.3 is 5.97 Å². The topological polar surface area (TPSA) is 91.6 Å². The van der Waals surface area contributed by atoms with Crippen LogP contribution in [0.1, 0.15) is 26.5 Å². The minimum absolute atomic E-state index is 0.000577. The van der Waals surface area contributed by atoms with Crippen LogP contribution < -0.4 is 10.6 Å². The number of aryl methyl sites for hydroxylation is 1. The molecule has 0 spiro atoms. The van der Waals surface area contributed by atoms with E-state index in [1.807, 2.05) is 0 Å². The van der Waals surface area contributed by atoms with E-state index in [4.69, 9.17) is 44.9 Å². The molecule has 0 aliphatic carbocycles. The molecule has 1 amide bonds. The molecule has 0 unspecified atom stereocenters. The molecule has 3 aromatic rings. The normalized spacial score (nSPS) is 10.4. The van der Waals surface area contributed by atoms with Crippen molar-refractivity contribution in [1.82, 2.24) is 5.32 Å². The summed E-state index contributed by atoms with van der Waals surface area (Å²) in [6, 6.07) is 12.7. The molecular formula is C20H14Cl2N2O4S. The summed E-state index contributed by atoms with van der Waals surface area (Å²) >= 11 is 17.3. The average Bonchev–Trinajstić information content (AvgIpc) is 3.15. The van der Waals surface area contributed by atoms with Gasteiger partial charge in [-0.25, -0.2) is 4.79 Å². The maximum Gasteiger partial charge on any atom is 0.335 e. The number of furan rings is 1. The Morgan fingerprint density at radius 2 is 1.86 bits per heavy atom. The van der Waals surface area contributed by atoms with E-state index in [9.17, 15) is 9.59 Å². The number of benzene rings is 2. The molecule has 148 valence electrons. The standard InChI is InChI=1S/C20H14Cl2N2O4S/c1-10-5-6-11(19(26)27)9-14(10)23-20(29)24-18(25)16-8-7-15(28-16)12-3-2-4-13(21)17(12)22/h2-9H,1H3,(H,26,27)(H2,23,24,25,29). The molecule has 1 aromatic heterocycles. The highest BCUT2D eigenvalue weighted by atomic mass is 35.5. The van der Waals surface area contributed by atoms with Crippen LogP contribution in [0, 0.1) is 6.92 Å². The van der Waals surface area contributed by atoms with Gasteiger partial charge in [0.25, 0.3) is 5.91 Å². The second kappa shape index (κ2) is 8.65. The van der Waals surface area contributed by atoms with Crippen molar-refractivity contribution in [2.24, 2.45) is 0 Å². The van der Waals surface area contributed by atoms with E-state index in [1.54, 1.807) is 37.3 Å². The quantitative estimate of drug-likeness (QED) is 0.463. The summed E-state index contributed by atoms with van der Waals surface area (Å²) in [7, 11) is 0. The van der Waals surface area contributed by atoms with Crippen LogP contribution in [0.25, 0.3) is 11.3 Å². The second-order valence-electron chi connectivity index (χ2n) is 6.01. The Kier molecular flexibility index (Phi) is 6.22. The van der Waals surface area contributed by atoms with E-state index in [1.165, 1.54) is 18.2 Å². The number of rotatable bonds is 4. The van der Waals surface area contributed by atoms with E-state index < -0.39 is 11.9 Å². The number of carbonyl (C=O) groups is 2. The highest BCUT2D eigenvalue weighted by Crippen LogP contribution is 2.34. The van der Waals surface area contributed by atoms with Crippen LogP contribution in [0.5, 0.6) is 0 Å². The number of carboxylic acid groups (broad SMARTS) is 1. The van der Waals surface area contributed by atoms with Crippen LogP contribution in [-0.4, -0.2) is 22.1 Å². The molecule has 6 nitrogen and oxygen atoms in total. The van der Waals surface area contributed by atoms with E-state index in [2.05, 4.69) is 10.6 Å². The number of hydrogen-bond donors (Lipinski definition) is 3. The Balaban J connectivity index is 1.72. The fourth-order valence-corrected chi connectivity index (χ4v) is 3.10. The van der Waals surface area contributed by atoms with Crippen LogP contribution in [0.3, 0.4) is 0 Å². The molecule has 1 heterocycles. The summed E-state index contributed by atoms with van der Waals surface area (Å²) in [6.45, 7) is 1.78. The van der Waals surface area contributed by atoms with Gasteiger partial charge in [0.1, 0.15) is 5.76 Å². The molecular weight excluding hydrogens is 435 g/mol. The Bertz CT molecular complexity index is 1130. The van der Waals surface area contributed by atoms with E-state index in [-0.39, 0.29) is 16.4 Å². The van der Waals surface area contributed by atoms with Gasteiger partial charge in [-0.1, -0.05) is 35.3 Å². The fraction of sp³-hybridized carbons (Fsp3) is 0.0500. The second-order valence-corrected chi connectivity index (χ2v) is 7.20. The number of carbonyl (C=O) groups excluding carboxylic acids is 1. The zero-order valence-electron chi connectivity index (χ0n) is 15.0. The van der Waals surface area contributed by atoms with Crippen molar-refractivity contribution < 1.29 is 19.1 Å². The van der Waals surface area contributed by atoms with Crippen LogP contribution >= 0.6 is 35.4 Å². The lowest BCUT2D eigenvalue weighted by Crippen LogP contribution is -2.34. The highest BCUT2D eigenvalue weighted by Gasteiger charge is 2.16. The maximum absolute atomic E-state index is 12.4.